The number of benzene rings is 1. The maximum Gasteiger partial charge on any atom is 0.254 e. The molecule has 9 heteroatoms. The molecule has 6 nitrogen and oxygen atoms in total. The van der Waals surface area contributed by atoms with Crippen molar-refractivity contribution >= 4 is 40.6 Å². The number of para-hydroxylation sites is 1. The third-order valence-corrected chi connectivity index (χ3v) is 3.00. The molecule has 0 saturated carbocycles. The zero-order valence-corrected chi connectivity index (χ0v) is 12.4. The molecule has 0 unspecified atom stereocenters. The second-order valence-corrected chi connectivity index (χ2v) is 4.71. The van der Waals surface area contributed by atoms with Crippen LogP contribution >= 0.6 is 23.2 Å². The molecular weight excluding hydrogens is 332 g/mol. The Morgan fingerprint density at radius 2 is 2.18 bits per heavy atom. The average molecular weight is 340 g/mol. The van der Waals surface area contributed by atoms with Crippen LogP contribution in [-0.2, 0) is 0 Å². The van der Waals surface area contributed by atoms with Gasteiger partial charge in [0.15, 0.2) is 5.82 Å². The number of anilines is 2. The minimum Gasteiger partial charge on any atom is -0.339 e. The van der Waals surface area contributed by atoms with Gasteiger partial charge in [0.2, 0.25) is 5.28 Å². The van der Waals surface area contributed by atoms with Crippen molar-refractivity contribution in [3.05, 3.63) is 46.1 Å². The van der Waals surface area contributed by atoms with E-state index in [0.29, 0.717) is 0 Å². The molecule has 0 bridgehead atoms. The van der Waals surface area contributed by atoms with Gasteiger partial charge in [-0.15, -0.1) is 0 Å². The van der Waals surface area contributed by atoms with Gasteiger partial charge in [-0.25, -0.2) is 9.37 Å². The lowest BCUT2D eigenvalue weighted by atomic mass is 10.1. The van der Waals surface area contributed by atoms with Crippen molar-refractivity contribution < 1.29 is 9.18 Å². The zero-order valence-electron chi connectivity index (χ0n) is 10.9. The van der Waals surface area contributed by atoms with Crippen LogP contribution in [0, 0.1) is 17.1 Å². The molecule has 112 valence electrons. The summed E-state index contributed by atoms with van der Waals surface area (Å²) >= 11 is 11.6. The third kappa shape index (κ3) is 3.61. The number of nitrogens with zero attached hydrogens (tertiary/aromatic N) is 3. The van der Waals surface area contributed by atoms with Gasteiger partial charge in [0.05, 0.1) is 23.5 Å². The second kappa shape index (κ2) is 7.02. The van der Waals surface area contributed by atoms with E-state index in [0.717, 1.165) is 0 Å². The summed E-state index contributed by atoms with van der Waals surface area (Å²) in [6, 6.07) is 5.70. The van der Waals surface area contributed by atoms with Gasteiger partial charge in [0.25, 0.3) is 5.91 Å². The van der Waals surface area contributed by atoms with E-state index in [9.17, 15) is 9.18 Å². The van der Waals surface area contributed by atoms with Crippen molar-refractivity contribution in [2.24, 2.45) is 0 Å². The Labute approximate surface area is 134 Å². The molecule has 1 heterocycles. The first kappa shape index (κ1) is 15.9. The fourth-order valence-electron chi connectivity index (χ4n) is 1.61. The van der Waals surface area contributed by atoms with E-state index in [1.54, 1.807) is 6.07 Å². The number of aromatic nitrogens is 2. The predicted octanol–water partition coefficient (Wildman–Crippen LogP) is 2.92. The van der Waals surface area contributed by atoms with E-state index in [4.69, 9.17) is 28.5 Å². The Kier molecular flexibility index (Phi) is 5.09. The molecule has 1 aromatic heterocycles. The molecule has 22 heavy (non-hydrogen) atoms. The summed E-state index contributed by atoms with van der Waals surface area (Å²) < 4.78 is 14.0. The van der Waals surface area contributed by atoms with E-state index in [1.165, 1.54) is 24.4 Å². The summed E-state index contributed by atoms with van der Waals surface area (Å²) in [4.78, 5) is 19.5. The number of hydrogen-bond acceptors (Lipinski definition) is 5. The van der Waals surface area contributed by atoms with Crippen molar-refractivity contribution in [1.82, 2.24) is 15.3 Å². The largest absolute Gasteiger partial charge is 0.339 e. The topological polar surface area (TPSA) is 90.7 Å². The summed E-state index contributed by atoms with van der Waals surface area (Å²) in [7, 11) is 0. The van der Waals surface area contributed by atoms with Crippen molar-refractivity contribution in [2.45, 2.75) is 0 Å². The Hall–Kier alpha value is -2.43. The van der Waals surface area contributed by atoms with Crippen LogP contribution in [0.15, 0.2) is 24.4 Å². The minimum absolute atomic E-state index is 0.000973. The van der Waals surface area contributed by atoms with Crippen molar-refractivity contribution in [1.29, 1.82) is 5.26 Å². The first-order valence-electron chi connectivity index (χ1n) is 5.91. The lowest BCUT2D eigenvalue weighted by molar-refractivity contribution is 0.0959. The zero-order chi connectivity index (χ0) is 16.1. The fourth-order valence-corrected chi connectivity index (χ4v) is 1.88. The number of nitrogens with one attached hydrogen (secondary N) is 2. The molecule has 0 saturated heterocycles. The monoisotopic (exact) mass is 339 g/mol. The van der Waals surface area contributed by atoms with Crippen LogP contribution in [0.25, 0.3) is 0 Å². The molecule has 0 aliphatic rings. The van der Waals surface area contributed by atoms with Crippen LogP contribution in [0.5, 0.6) is 0 Å². The number of amides is 1. The fraction of sp³-hybridized carbons (Fsp3) is 0.0769. The molecule has 2 N–H and O–H groups in total. The number of rotatable bonds is 4. The summed E-state index contributed by atoms with van der Waals surface area (Å²) in [5.74, 6) is -1.24. The second-order valence-electron chi connectivity index (χ2n) is 3.96. The van der Waals surface area contributed by atoms with Crippen LogP contribution < -0.4 is 10.6 Å². The van der Waals surface area contributed by atoms with Crippen LogP contribution in [-0.4, -0.2) is 22.4 Å². The number of nitriles is 1. The van der Waals surface area contributed by atoms with Crippen LogP contribution in [0.1, 0.15) is 10.4 Å². The highest BCUT2D eigenvalue weighted by atomic mass is 35.5. The number of halogens is 3. The van der Waals surface area contributed by atoms with E-state index < -0.39 is 11.7 Å². The van der Waals surface area contributed by atoms with Gasteiger partial charge in [-0.1, -0.05) is 17.7 Å². The van der Waals surface area contributed by atoms with E-state index in [2.05, 4.69) is 20.6 Å². The summed E-state index contributed by atoms with van der Waals surface area (Å²) in [6.45, 7) is -0.200. The molecule has 0 atom stereocenters. The van der Waals surface area contributed by atoms with Gasteiger partial charge in [0, 0.05) is 0 Å². The van der Waals surface area contributed by atoms with Crippen LogP contribution in [0.3, 0.4) is 0 Å². The van der Waals surface area contributed by atoms with Gasteiger partial charge in [-0.05, 0) is 23.7 Å². The number of hydrogen-bond donors (Lipinski definition) is 2. The van der Waals surface area contributed by atoms with Gasteiger partial charge in [0.1, 0.15) is 17.4 Å². The summed E-state index contributed by atoms with van der Waals surface area (Å²) in [5, 5.41) is 13.5. The molecular formula is C13H8Cl2FN5O. The summed E-state index contributed by atoms with van der Waals surface area (Å²) in [6.07, 6.45) is 1.25. The van der Waals surface area contributed by atoms with Crippen LogP contribution in [0.2, 0.25) is 10.3 Å². The highest BCUT2D eigenvalue weighted by Gasteiger charge is 2.17. The molecule has 0 aliphatic carbocycles. The summed E-state index contributed by atoms with van der Waals surface area (Å²) in [5.41, 5.74) is -0.129. The lowest BCUT2D eigenvalue weighted by Crippen LogP contribution is -2.24. The van der Waals surface area contributed by atoms with Gasteiger partial charge >= 0.3 is 0 Å². The average Bonchev–Trinajstić information content (AvgIpc) is 2.50. The maximum absolute atomic E-state index is 14.0. The molecule has 2 rings (SSSR count). The van der Waals surface area contributed by atoms with E-state index in [1.807, 2.05) is 0 Å². The molecule has 0 fully saturated rings. The Morgan fingerprint density at radius 1 is 1.41 bits per heavy atom. The normalized spacial score (nSPS) is 9.91. The first-order valence-corrected chi connectivity index (χ1v) is 6.67. The molecule has 1 aromatic carbocycles. The molecule has 0 aliphatic heterocycles. The predicted molar refractivity (Wildman–Crippen MR) is 79.7 cm³/mol. The standard InChI is InChI=1S/C13H8Cl2FN5O/c14-8-6-19-13(15)21-11(8)20-10-7(2-1-3-9(10)16)12(22)18-5-4-17/h1-3,6H,5H2,(H,18,22)(H,19,20,21). The van der Waals surface area contributed by atoms with Crippen molar-refractivity contribution in [3.63, 3.8) is 0 Å². The number of carbonyl (C=O) groups is 1. The smallest absolute Gasteiger partial charge is 0.254 e. The Balaban J connectivity index is 2.40. The highest BCUT2D eigenvalue weighted by molar-refractivity contribution is 6.33. The minimum atomic E-state index is -0.685. The van der Waals surface area contributed by atoms with Crippen molar-refractivity contribution in [2.75, 3.05) is 11.9 Å². The molecule has 2 aromatic rings. The molecule has 0 spiro atoms. The quantitative estimate of drug-likeness (QED) is 0.660. The molecule has 0 radical (unpaired) electrons. The third-order valence-electron chi connectivity index (χ3n) is 2.54. The van der Waals surface area contributed by atoms with E-state index >= 15 is 0 Å². The van der Waals surface area contributed by atoms with Crippen molar-refractivity contribution in [3.8, 4) is 6.07 Å². The van der Waals surface area contributed by atoms with Gasteiger partial charge < -0.3 is 10.6 Å². The van der Waals surface area contributed by atoms with Crippen LogP contribution in [0.4, 0.5) is 15.9 Å². The Morgan fingerprint density at radius 3 is 2.91 bits per heavy atom. The van der Waals surface area contributed by atoms with E-state index in [-0.39, 0.29) is 33.9 Å². The SMILES string of the molecule is N#CCNC(=O)c1cccc(F)c1Nc1nc(Cl)ncc1Cl. The highest BCUT2D eigenvalue weighted by Crippen LogP contribution is 2.28. The maximum atomic E-state index is 14.0. The number of carbonyl (C=O) groups excluding carboxylic acids is 1. The first-order chi connectivity index (χ1) is 10.5. The van der Waals surface area contributed by atoms with Gasteiger partial charge in [-0.2, -0.15) is 10.2 Å². The van der Waals surface area contributed by atoms with Gasteiger partial charge in [-0.3, -0.25) is 4.79 Å². The lowest BCUT2D eigenvalue weighted by Gasteiger charge is -2.12. The Bertz CT molecular complexity index is 763. The molecule has 1 amide bonds.